The molecule has 1 atom stereocenters. The summed E-state index contributed by atoms with van der Waals surface area (Å²) in [4.78, 5) is 11.2. The van der Waals surface area contributed by atoms with Crippen LogP contribution in [0.5, 0.6) is 0 Å². The molecule has 0 aromatic carbocycles. The Morgan fingerprint density at radius 3 is 2.77 bits per heavy atom. The van der Waals surface area contributed by atoms with Crippen molar-refractivity contribution in [1.29, 1.82) is 0 Å². The van der Waals surface area contributed by atoms with E-state index in [0.717, 1.165) is 18.8 Å². The number of esters is 1. The second-order valence-corrected chi connectivity index (χ2v) is 4.14. The highest BCUT2D eigenvalue weighted by molar-refractivity contribution is 5.83. The monoisotopic (exact) mass is 182 g/mol. The zero-order chi connectivity index (χ0) is 9.84. The lowest BCUT2D eigenvalue weighted by Gasteiger charge is -2.05. The van der Waals surface area contributed by atoms with E-state index in [1.54, 1.807) is 6.08 Å². The van der Waals surface area contributed by atoms with Gasteiger partial charge in [-0.1, -0.05) is 12.5 Å². The highest BCUT2D eigenvalue weighted by Crippen LogP contribution is 2.29. The standard InChI is InChI=1S/C11H18O2/c1-8(2)13-11(12)7-10-5-4-9(3)6-10/h7-9H,4-6H2,1-3H3/b10-7-. The minimum atomic E-state index is -0.181. The fourth-order valence-electron chi connectivity index (χ4n) is 1.65. The van der Waals surface area contributed by atoms with E-state index < -0.39 is 0 Å². The highest BCUT2D eigenvalue weighted by Gasteiger charge is 2.16. The number of hydrogen-bond donors (Lipinski definition) is 0. The molecule has 1 rings (SSSR count). The first-order valence-corrected chi connectivity index (χ1v) is 4.98. The van der Waals surface area contributed by atoms with Gasteiger partial charge in [0.05, 0.1) is 6.10 Å². The van der Waals surface area contributed by atoms with E-state index in [1.807, 2.05) is 13.8 Å². The second-order valence-electron chi connectivity index (χ2n) is 4.14. The molecule has 1 unspecified atom stereocenters. The molecule has 0 spiro atoms. The molecule has 0 aromatic rings. The van der Waals surface area contributed by atoms with Crippen LogP contribution in [0.4, 0.5) is 0 Å². The van der Waals surface area contributed by atoms with E-state index in [2.05, 4.69) is 6.92 Å². The molecule has 2 heteroatoms. The van der Waals surface area contributed by atoms with Crippen molar-refractivity contribution in [2.45, 2.75) is 46.1 Å². The van der Waals surface area contributed by atoms with Gasteiger partial charge in [0.25, 0.3) is 0 Å². The van der Waals surface area contributed by atoms with Crippen LogP contribution in [-0.2, 0) is 9.53 Å². The Kier molecular flexibility index (Phi) is 3.52. The van der Waals surface area contributed by atoms with Gasteiger partial charge in [0.15, 0.2) is 0 Å². The lowest BCUT2D eigenvalue weighted by molar-refractivity contribution is -0.141. The Balaban J connectivity index is 2.42. The molecule has 0 aromatic heterocycles. The number of carbonyl (C=O) groups is 1. The minimum absolute atomic E-state index is 0.0109. The van der Waals surface area contributed by atoms with Gasteiger partial charge in [-0.25, -0.2) is 4.79 Å². The van der Waals surface area contributed by atoms with Crippen molar-refractivity contribution in [2.24, 2.45) is 5.92 Å². The Labute approximate surface area is 80.0 Å². The molecule has 0 amide bonds. The van der Waals surface area contributed by atoms with E-state index in [9.17, 15) is 4.79 Å². The van der Waals surface area contributed by atoms with E-state index >= 15 is 0 Å². The largest absolute Gasteiger partial charge is 0.460 e. The molecule has 1 aliphatic rings. The molecule has 1 aliphatic carbocycles. The first-order chi connectivity index (χ1) is 6.08. The molecule has 0 radical (unpaired) electrons. The summed E-state index contributed by atoms with van der Waals surface area (Å²) in [6, 6.07) is 0. The first kappa shape index (κ1) is 10.3. The fourth-order valence-corrected chi connectivity index (χ4v) is 1.65. The Morgan fingerprint density at radius 2 is 2.31 bits per heavy atom. The predicted octanol–water partition coefficient (Wildman–Crippen LogP) is 2.68. The molecule has 0 bridgehead atoms. The quantitative estimate of drug-likeness (QED) is 0.485. The molecule has 1 fully saturated rings. The molecule has 1 saturated carbocycles. The topological polar surface area (TPSA) is 26.3 Å². The third kappa shape index (κ3) is 3.62. The first-order valence-electron chi connectivity index (χ1n) is 4.98. The van der Waals surface area contributed by atoms with Crippen molar-refractivity contribution in [3.05, 3.63) is 11.6 Å². The SMILES string of the molecule is CC1CC/C(=C/C(=O)OC(C)C)C1. The summed E-state index contributed by atoms with van der Waals surface area (Å²) in [5, 5.41) is 0. The lowest BCUT2D eigenvalue weighted by Crippen LogP contribution is -2.09. The maximum Gasteiger partial charge on any atom is 0.330 e. The maximum absolute atomic E-state index is 11.2. The number of hydrogen-bond acceptors (Lipinski definition) is 2. The van der Waals surface area contributed by atoms with Crippen LogP contribution >= 0.6 is 0 Å². The van der Waals surface area contributed by atoms with Gasteiger partial charge in [0.1, 0.15) is 0 Å². The van der Waals surface area contributed by atoms with Gasteiger partial charge in [-0.3, -0.25) is 0 Å². The second kappa shape index (κ2) is 4.45. The third-order valence-corrected chi connectivity index (χ3v) is 2.24. The van der Waals surface area contributed by atoms with Crippen LogP contribution in [0.3, 0.4) is 0 Å². The van der Waals surface area contributed by atoms with Crippen LogP contribution < -0.4 is 0 Å². The van der Waals surface area contributed by atoms with Gasteiger partial charge in [-0.2, -0.15) is 0 Å². The van der Waals surface area contributed by atoms with E-state index in [-0.39, 0.29) is 12.1 Å². The van der Waals surface area contributed by atoms with Gasteiger partial charge >= 0.3 is 5.97 Å². The van der Waals surface area contributed by atoms with E-state index in [4.69, 9.17) is 4.74 Å². The van der Waals surface area contributed by atoms with Crippen LogP contribution in [-0.4, -0.2) is 12.1 Å². The molecule has 0 aliphatic heterocycles. The number of rotatable bonds is 2. The number of carbonyl (C=O) groups excluding carboxylic acids is 1. The summed E-state index contributed by atoms with van der Waals surface area (Å²) >= 11 is 0. The summed E-state index contributed by atoms with van der Waals surface area (Å²) in [5.74, 6) is 0.553. The van der Waals surface area contributed by atoms with Gasteiger partial charge < -0.3 is 4.74 Å². The molecule has 0 saturated heterocycles. The summed E-state index contributed by atoms with van der Waals surface area (Å²) in [5.41, 5.74) is 1.25. The molecular formula is C11H18O2. The highest BCUT2D eigenvalue weighted by atomic mass is 16.5. The van der Waals surface area contributed by atoms with Crippen molar-refractivity contribution in [3.63, 3.8) is 0 Å². The third-order valence-electron chi connectivity index (χ3n) is 2.24. The van der Waals surface area contributed by atoms with Crippen LogP contribution in [0.2, 0.25) is 0 Å². The van der Waals surface area contributed by atoms with Crippen LogP contribution in [0, 0.1) is 5.92 Å². The summed E-state index contributed by atoms with van der Waals surface area (Å²) in [6.45, 7) is 5.95. The Morgan fingerprint density at radius 1 is 1.62 bits per heavy atom. The molecule has 2 nitrogen and oxygen atoms in total. The summed E-state index contributed by atoms with van der Waals surface area (Å²) in [6.07, 6.45) is 4.99. The smallest absolute Gasteiger partial charge is 0.330 e. The van der Waals surface area contributed by atoms with E-state index in [0.29, 0.717) is 0 Å². The number of allylic oxidation sites excluding steroid dienone is 1. The van der Waals surface area contributed by atoms with Gasteiger partial charge in [0, 0.05) is 6.08 Å². The summed E-state index contributed by atoms with van der Waals surface area (Å²) < 4.78 is 5.03. The van der Waals surface area contributed by atoms with Crippen molar-refractivity contribution in [3.8, 4) is 0 Å². The average Bonchev–Trinajstić information content (AvgIpc) is 2.33. The van der Waals surface area contributed by atoms with E-state index in [1.165, 1.54) is 12.0 Å². The van der Waals surface area contributed by atoms with Gasteiger partial charge in [-0.05, 0) is 39.0 Å². The molecule has 0 N–H and O–H groups in total. The zero-order valence-corrected chi connectivity index (χ0v) is 8.67. The normalized spacial score (nSPS) is 25.5. The van der Waals surface area contributed by atoms with Crippen molar-refractivity contribution in [1.82, 2.24) is 0 Å². The fraction of sp³-hybridized carbons (Fsp3) is 0.727. The average molecular weight is 182 g/mol. The van der Waals surface area contributed by atoms with Crippen LogP contribution in [0.25, 0.3) is 0 Å². The van der Waals surface area contributed by atoms with Crippen LogP contribution in [0.1, 0.15) is 40.0 Å². The lowest BCUT2D eigenvalue weighted by atomic mass is 10.1. The predicted molar refractivity (Wildman–Crippen MR) is 52.3 cm³/mol. The summed E-state index contributed by atoms with van der Waals surface area (Å²) in [7, 11) is 0. The molecule has 13 heavy (non-hydrogen) atoms. The van der Waals surface area contributed by atoms with Crippen LogP contribution in [0.15, 0.2) is 11.6 Å². The molecule has 0 heterocycles. The Hall–Kier alpha value is -0.790. The molecular weight excluding hydrogens is 164 g/mol. The maximum atomic E-state index is 11.2. The Bertz CT molecular complexity index is 216. The minimum Gasteiger partial charge on any atom is -0.460 e. The molecule has 74 valence electrons. The van der Waals surface area contributed by atoms with Crippen molar-refractivity contribution >= 4 is 5.97 Å². The number of ether oxygens (including phenoxy) is 1. The zero-order valence-electron chi connectivity index (χ0n) is 8.67. The van der Waals surface area contributed by atoms with Crippen molar-refractivity contribution in [2.75, 3.05) is 0 Å². The van der Waals surface area contributed by atoms with Gasteiger partial charge in [-0.15, -0.1) is 0 Å². The van der Waals surface area contributed by atoms with Crippen molar-refractivity contribution < 1.29 is 9.53 Å². The van der Waals surface area contributed by atoms with Gasteiger partial charge in [0.2, 0.25) is 0 Å².